The van der Waals surface area contributed by atoms with Crippen molar-refractivity contribution in [2.45, 2.75) is 25.5 Å². The predicted molar refractivity (Wildman–Crippen MR) is 71.7 cm³/mol. The molecule has 1 atom stereocenters. The van der Waals surface area contributed by atoms with Crippen LogP contribution in [0.5, 0.6) is 0 Å². The quantitative estimate of drug-likeness (QED) is 0.835. The average Bonchev–Trinajstić information content (AvgIpc) is 2.86. The highest BCUT2D eigenvalue weighted by molar-refractivity contribution is 5.75. The second-order valence-corrected chi connectivity index (χ2v) is 4.84. The molecule has 2 heterocycles. The number of hydrogen-bond acceptors (Lipinski definition) is 4. The normalized spacial score (nSPS) is 18.5. The molecule has 1 amide bonds. The fraction of sp³-hybridized carbons (Fsp3) is 0.538. The molecule has 6 heteroatoms. The molecule has 6 nitrogen and oxygen atoms in total. The van der Waals surface area contributed by atoms with Crippen molar-refractivity contribution in [2.24, 2.45) is 0 Å². The molecule has 1 aromatic rings. The first kappa shape index (κ1) is 13.6. The maximum atomic E-state index is 12.0. The molecule has 1 unspecified atom stereocenters. The van der Waals surface area contributed by atoms with E-state index in [0.717, 1.165) is 19.4 Å². The summed E-state index contributed by atoms with van der Waals surface area (Å²) in [6.07, 6.45) is 3.63. The minimum absolute atomic E-state index is 0.00704. The number of pyridine rings is 1. The first-order chi connectivity index (χ1) is 9.06. The summed E-state index contributed by atoms with van der Waals surface area (Å²) in [5.41, 5.74) is 5.84. The zero-order valence-electron chi connectivity index (χ0n) is 11.0. The minimum atomic E-state index is -0.229. The van der Waals surface area contributed by atoms with E-state index in [9.17, 15) is 9.59 Å². The summed E-state index contributed by atoms with van der Waals surface area (Å²) in [6, 6.07) is 2.89. The average molecular weight is 265 g/mol. The molecule has 2 N–H and O–H groups in total. The Labute approximate surface area is 111 Å². The van der Waals surface area contributed by atoms with Gasteiger partial charge in [0.1, 0.15) is 6.54 Å². The molecule has 104 valence electrons. The number of hydrogen-bond donors (Lipinski definition) is 1. The molecule has 0 radical (unpaired) electrons. The van der Waals surface area contributed by atoms with Gasteiger partial charge in [0, 0.05) is 38.1 Å². The number of nitrogens with zero attached hydrogens (tertiary/aromatic N) is 2. The maximum Gasteiger partial charge on any atom is 0.251 e. The van der Waals surface area contributed by atoms with E-state index in [0.29, 0.717) is 12.2 Å². The number of ether oxygens (including phenoxy) is 1. The first-order valence-corrected chi connectivity index (χ1v) is 6.38. The topological polar surface area (TPSA) is 77.6 Å². The lowest BCUT2D eigenvalue weighted by atomic mass is 10.2. The molecule has 1 aromatic heterocycles. The number of nitrogens with two attached hydrogens (primary N) is 1. The summed E-state index contributed by atoms with van der Waals surface area (Å²) in [7, 11) is 1.72. The van der Waals surface area contributed by atoms with Crippen LogP contribution >= 0.6 is 0 Å². The monoisotopic (exact) mass is 265 g/mol. The Bertz CT molecular complexity index is 506. The second kappa shape index (κ2) is 5.88. The summed E-state index contributed by atoms with van der Waals surface area (Å²) >= 11 is 0. The highest BCUT2D eigenvalue weighted by Gasteiger charge is 2.20. The van der Waals surface area contributed by atoms with E-state index in [-0.39, 0.29) is 24.1 Å². The van der Waals surface area contributed by atoms with Crippen LogP contribution < -0.4 is 11.3 Å². The van der Waals surface area contributed by atoms with Crippen LogP contribution in [0, 0.1) is 0 Å². The van der Waals surface area contributed by atoms with Gasteiger partial charge in [0.2, 0.25) is 5.91 Å². The number of carbonyl (C=O) groups excluding carboxylic acids is 1. The molecule has 1 fully saturated rings. The Morgan fingerprint density at radius 2 is 2.37 bits per heavy atom. The Morgan fingerprint density at radius 1 is 1.58 bits per heavy atom. The van der Waals surface area contributed by atoms with Crippen molar-refractivity contribution in [3.8, 4) is 0 Å². The molecule has 2 rings (SSSR count). The van der Waals surface area contributed by atoms with Crippen LogP contribution in [0.2, 0.25) is 0 Å². The van der Waals surface area contributed by atoms with E-state index in [1.807, 2.05) is 0 Å². The van der Waals surface area contributed by atoms with Crippen molar-refractivity contribution < 1.29 is 9.53 Å². The molecule has 1 aliphatic heterocycles. The maximum absolute atomic E-state index is 12.0. The van der Waals surface area contributed by atoms with E-state index >= 15 is 0 Å². The molecule has 1 aliphatic rings. The van der Waals surface area contributed by atoms with Crippen LogP contribution in [0.25, 0.3) is 0 Å². The third-order valence-corrected chi connectivity index (χ3v) is 3.24. The zero-order valence-corrected chi connectivity index (χ0v) is 11.0. The van der Waals surface area contributed by atoms with Gasteiger partial charge in [0.25, 0.3) is 5.56 Å². The molecule has 0 spiro atoms. The third-order valence-electron chi connectivity index (χ3n) is 3.24. The van der Waals surface area contributed by atoms with Gasteiger partial charge in [-0.15, -0.1) is 0 Å². The van der Waals surface area contributed by atoms with Gasteiger partial charge in [-0.05, 0) is 18.9 Å². The van der Waals surface area contributed by atoms with Gasteiger partial charge in [-0.25, -0.2) is 0 Å². The standard InChI is InChI=1S/C13H19N3O3/c1-15(8-11-3-2-6-19-11)13(18)9-16-7-10(14)4-5-12(16)17/h4-5,7,11H,2-3,6,8-9,14H2,1H3. The van der Waals surface area contributed by atoms with Gasteiger partial charge in [-0.2, -0.15) is 0 Å². The number of anilines is 1. The highest BCUT2D eigenvalue weighted by Crippen LogP contribution is 2.12. The molecular formula is C13H19N3O3. The van der Waals surface area contributed by atoms with Crippen molar-refractivity contribution in [3.63, 3.8) is 0 Å². The van der Waals surface area contributed by atoms with Crippen molar-refractivity contribution in [2.75, 3.05) is 25.9 Å². The number of rotatable bonds is 4. The van der Waals surface area contributed by atoms with Crippen molar-refractivity contribution in [3.05, 3.63) is 28.7 Å². The summed E-state index contributed by atoms with van der Waals surface area (Å²) in [5.74, 6) is -0.122. The van der Waals surface area contributed by atoms with E-state index in [1.165, 1.54) is 22.9 Å². The summed E-state index contributed by atoms with van der Waals surface area (Å²) in [4.78, 5) is 25.2. The SMILES string of the molecule is CN(CC1CCCO1)C(=O)Cn1cc(N)ccc1=O. The van der Waals surface area contributed by atoms with E-state index in [2.05, 4.69) is 0 Å². The number of carbonyl (C=O) groups is 1. The third kappa shape index (κ3) is 3.57. The lowest BCUT2D eigenvalue weighted by molar-refractivity contribution is -0.131. The predicted octanol–water partition coefficient (Wildman–Crippen LogP) is 0.0679. The number of likely N-dealkylation sites (N-methyl/N-ethyl adjacent to an activating group) is 1. The number of aromatic nitrogens is 1. The number of nitrogen functional groups attached to an aromatic ring is 1. The fourth-order valence-corrected chi connectivity index (χ4v) is 2.14. The van der Waals surface area contributed by atoms with Crippen molar-refractivity contribution in [1.29, 1.82) is 0 Å². The van der Waals surface area contributed by atoms with Gasteiger partial charge in [-0.3, -0.25) is 9.59 Å². The Kier molecular flexibility index (Phi) is 4.21. The zero-order chi connectivity index (χ0) is 13.8. The molecule has 0 aromatic carbocycles. The van der Waals surface area contributed by atoms with Crippen molar-refractivity contribution in [1.82, 2.24) is 9.47 Å². The van der Waals surface area contributed by atoms with Gasteiger partial charge in [0.05, 0.1) is 6.10 Å². The van der Waals surface area contributed by atoms with Gasteiger partial charge < -0.3 is 19.9 Å². The summed E-state index contributed by atoms with van der Waals surface area (Å²) in [6.45, 7) is 1.34. The van der Waals surface area contributed by atoms with Gasteiger partial charge >= 0.3 is 0 Å². The fourth-order valence-electron chi connectivity index (χ4n) is 2.14. The molecule has 1 saturated heterocycles. The van der Waals surface area contributed by atoms with E-state index in [1.54, 1.807) is 11.9 Å². The van der Waals surface area contributed by atoms with E-state index in [4.69, 9.17) is 10.5 Å². The Balaban J connectivity index is 1.95. The molecule has 0 saturated carbocycles. The van der Waals surface area contributed by atoms with Crippen molar-refractivity contribution >= 4 is 11.6 Å². The van der Waals surface area contributed by atoms with Gasteiger partial charge in [0.15, 0.2) is 0 Å². The minimum Gasteiger partial charge on any atom is -0.398 e. The van der Waals surface area contributed by atoms with Crippen LogP contribution in [0.3, 0.4) is 0 Å². The van der Waals surface area contributed by atoms with Crippen LogP contribution in [0.4, 0.5) is 5.69 Å². The molecule has 0 bridgehead atoms. The van der Waals surface area contributed by atoms with Crippen LogP contribution in [0.15, 0.2) is 23.1 Å². The lowest BCUT2D eigenvalue weighted by Crippen LogP contribution is -2.38. The molecular weight excluding hydrogens is 246 g/mol. The summed E-state index contributed by atoms with van der Waals surface area (Å²) < 4.78 is 6.81. The summed E-state index contributed by atoms with van der Waals surface area (Å²) in [5, 5.41) is 0. The Hall–Kier alpha value is -1.82. The van der Waals surface area contributed by atoms with Crippen LogP contribution in [-0.4, -0.2) is 41.7 Å². The largest absolute Gasteiger partial charge is 0.398 e. The number of amides is 1. The first-order valence-electron chi connectivity index (χ1n) is 6.38. The molecule has 19 heavy (non-hydrogen) atoms. The smallest absolute Gasteiger partial charge is 0.251 e. The van der Waals surface area contributed by atoms with Crippen LogP contribution in [-0.2, 0) is 16.1 Å². The lowest BCUT2D eigenvalue weighted by Gasteiger charge is -2.21. The highest BCUT2D eigenvalue weighted by atomic mass is 16.5. The molecule has 0 aliphatic carbocycles. The van der Waals surface area contributed by atoms with Crippen LogP contribution in [0.1, 0.15) is 12.8 Å². The Morgan fingerprint density at radius 3 is 3.05 bits per heavy atom. The van der Waals surface area contributed by atoms with Gasteiger partial charge in [-0.1, -0.05) is 0 Å². The van der Waals surface area contributed by atoms with E-state index < -0.39 is 0 Å². The second-order valence-electron chi connectivity index (χ2n) is 4.84.